The molecule has 0 radical (unpaired) electrons. The van der Waals surface area contributed by atoms with E-state index in [0.717, 1.165) is 4.31 Å². The van der Waals surface area contributed by atoms with Gasteiger partial charge in [0.2, 0.25) is 15.9 Å². The number of nitrogens with one attached hydrogen (secondary N) is 1. The third-order valence-corrected chi connectivity index (χ3v) is 5.83. The summed E-state index contributed by atoms with van der Waals surface area (Å²) in [7, 11) is -0.589. The summed E-state index contributed by atoms with van der Waals surface area (Å²) in [5, 5.41) is 2.74. The van der Waals surface area contributed by atoms with Gasteiger partial charge in [0.1, 0.15) is 11.8 Å². The lowest BCUT2D eigenvalue weighted by molar-refractivity contribution is -0.144. The number of benzene rings is 1. The van der Waals surface area contributed by atoms with Gasteiger partial charge in [0.25, 0.3) is 5.91 Å². The summed E-state index contributed by atoms with van der Waals surface area (Å²) in [5.41, 5.74) is 0. The van der Waals surface area contributed by atoms with Crippen molar-refractivity contribution in [1.29, 1.82) is 0 Å². The van der Waals surface area contributed by atoms with Crippen LogP contribution in [0, 0.1) is 0 Å². The first-order chi connectivity index (χ1) is 11.8. The molecule has 1 saturated heterocycles. The predicted molar refractivity (Wildman–Crippen MR) is 91.6 cm³/mol. The third-order valence-electron chi connectivity index (χ3n) is 4.00. The average molecular weight is 369 g/mol. The van der Waals surface area contributed by atoms with Crippen molar-refractivity contribution in [3.05, 3.63) is 24.3 Å². The van der Waals surface area contributed by atoms with Gasteiger partial charge in [0.05, 0.1) is 4.90 Å². The average Bonchev–Trinajstić information content (AvgIpc) is 2.59. The molecule has 1 heterocycles. The number of carbonyl (C=O) groups is 2. The first kappa shape index (κ1) is 19.2. The maximum Gasteiger partial charge on any atom is 0.261 e. The van der Waals surface area contributed by atoms with Crippen LogP contribution in [0.15, 0.2) is 29.2 Å². The number of piperazine rings is 1. The molecule has 1 N–H and O–H groups in total. The number of nitrogens with zero attached hydrogens (tertiary/aromatic N) is 2. The molecule has 1 atom stereocenters. The van der Waals surface area contributed by atoms with Crippen LogP contribution in [-0.4, -0.2) is 69.3 Å². The number of hydrogen-bond acceptors (Lipinski definition) is 5. The van der Waals surface area contributed by atoms with E-state index < -0.39 is 16.1 Å². The molecule has 0 saturated carbocycles. The van der Waals surface area contributed by atoms with E-state index in [1.54, 1.807) is 0 Å². The molecule has 1 aliphatic rings. The summed E-state index contributed by atoms with van der Waals surface area (Å²) in [6, 6.07) is 5.39. The van der Waals surface area contributed by atoms with Crippen LogP contribution in [0.4, 0.5) is 0 Å². The summed E-state index contributed by atoms with van der Waals surface area (Å²) in [5.74, 6) is -0.0346. The van der Waals surface area contributed by atoms with Crippen molar-refractivity contribution in [2.45, 2.75) is 24.3 Å². The minimum Gasteiger partial charge on any atom is -0.484 e. The van der Waals surface area contributed by atoms with Gasteiger partial charge in [-0.15, -0.1) is 0 Å². The van der Waals surface area contributed by atoms with Crippen LogP contribution in [0.25, 0.3) is 0 Å². The van der Waals surface area contributed by atoms with E-state index in [1.807, 2.05) is 6.92 Å². The molecule has 8 nitrogen and oxygen atoms in total. The molecule has 1 aliphatic heterocycles. The van der Waals surface area contributed by atoms with Gasteiger partial charge in [0.15, 0.2) is 6.61 Å². The summed E-state index contributed by atoms with van der Waals surface area (Å²) < 4.78 is 30.6. The molecule has 1 aromatic carbocycles. The zero-order valence-electron chi connectivity index (χ0n) is 14.6. The normalized spacial score (nSPS) is 18.2. The molecule has 9 heteroatoms. The SMILES string of the molecule is CC[C@@H]1C(=O)NCCN1C(=O)COc1ccc(S(=O)(=O)N(C)C)cc1. The largest absolute Gasteiger partial charge is 0.484 e. The summed E-state index contributed by atoms with van der Waals surface area (Å²) >= 11 is 0. The first-order valence-electron chi connectivity index (χ1n) is 8.00. The van der Waals surface area contributed by atoms with Crippen LogP contribution in [0.1, 0.15) is 13.3 Å². The van der Waals surface area contributed by atoms with Crippen molar-refractivity contribution in [3.8, 4) is 5.75 Å². The number of amides is 2. The molecular formula is C16H23N3O5S. The Morgan fingerprint density at radius 3 is 2.52 bits per heavy atom. The molecule has 0 bridgehead atoms. The molecule has 0 unspecified atom stereocenters. The topological polar surface area (TPSA) is 96.0 Å². The highest BCUT2D eigenvalue weighted by molar-refractivity contribution is 7.89. The van der Waals surface area contributed by atoms with Gasteiger partial charge in [-0.3, -0.25) is 9.59 Å². The van der Waals surface area contributed by atoms with E-state index in [9.17, 15) is 18.0 Å². The third kappa shape index (κ3) is 4.29. The van der Waals surface area contributed by atoms with E-state index in [2.05, 4.69) is 5.32 Å². The second kappa shape index (κ2) is 7.83. The monoisotopic (exact) mass is 369 g/mol. The Kier molecular flexibility index (Phi) is 6.02. The quantitative estimate of drug-likeness (QED) is 0.765. The molecule has 2 amide bonds. The minimum atomic E-state index is -3.50. The lowest BCUT2D eigenvalue weighted by Crippen LogP contribution is -2.57. The standard InChI is InChI=1S/C16H23N3O5S/c1-4-14-16(21)17-9-10-19(14)15(20)11-24-12-5-7-13(8-6-12)25(22,23)18(2)3/h5-8,14H,4,9-11H2,1-3H3,(H,17,21)/t14-/m1/s1. The van der Waals surface area contributed by atoms with Crippen molar-refractivity contribution in [3.63, 3.8) is 0 Å². The Morgan fingerprint density at radius 1 is 1.32 bits per heavy atom. The van der Waals surface area contributed by atoms with Crippen molar-refractivity contribution < 1.29 is 22.7 Å². The summed E-state index contributed by atoms with van der Waals surface area (Å²) in [6.45, 7) is 2.52. The van der Waals surface area contributed by atoms with E-state index in [4.69, 9.17) is 4.74 Å². The van der Waals surface area contributed by atoms with Crippen LogP contribution in [0.2, 0.25) is 0 Å². The van der Waals surface area contributed by atoms with Gasteiger partial charge in [-0.25, -0.2) is 12.7 Å². The van der Waals surface area contributed by atoms with E-state index in [1.165, 1.54) is 43.3 Å². The van der Waals surface area contributed by atoms with E-state index in [0.29, 0.717) is 25.3 Å². The predicted octanol–water partition coefficient (Wildman–Crippen LogP) is 0.0527. The molecule has 138 valence electrons. The number of carbonyl (C=O) groups excluding carboxylic acids is 2. The molecule has 0 aromatic heterocycles. The van der Waals surface area contributed by atoms with Crippen LogP contribution < -0.4 is 10.1 Å². The highest BCUT2D eigenvalue weighted by Gasteiger charge is 2.31. The van der Waals surface area contributed by atoms with Crippen LogP contribution >= 0.6 is 0 Å². The van der Waals surface area contributed by atoms with Gasteiger partial charge >= 0.3 is 0 Å². The Bertz CT molecular complexity index is 731. The molecule has 2 rings (SSSR count). The van der Waals surface area contributed by atoms with Crippen LogP contribution in [0.3, 0.4) is 0 Å². The highest BCUT2D eigenvalue weighted by atomic mass is 32.2. The second-order valence-corrected chi connectivity index (χ2v) is 8.00. The van der Waals surface area contributed by atoms with E-state index >= 15 is 0 Å². The number of rotatable bonds is 6. The Balaban J connectivity index is 1.99. The maximum atomic E-state index is 12.3. The Labute approximate surface area is 147 Å². The molecule has 25 heavy (non-hydrogen) atoms. The van der Waals surface area contributed by atoms with Gasteiger partial charge in [0, 0.05) is 27.2 Å². The fourth-order valence-corrected chi connectivity index (χ4v) is 3.47. The lowest BCUT2D eigenvalue weighted by atomic mass is 10.1. The summed E-state index contributed by atoms with van der Waals surface area (Å²) in [6.07, 6.45) is 0.536. The summed E-state index contributed by atoms with van der Waals surface area (Å²) in [4.78, 5) is 25.8. The number of hydrogen-bond donors (Lipinski definition) is 1. The van der Waals surface area contributed by atoms with Crippen LogP contribution in [0.5, 0.6) is 5.75 Å². The molecule has 1 fully saturated rings. The lowest BCUT2D eigenvalue weighted by Gasteiger charge is -2.34. The molecule has 1 aromatic rings. The molecule has 0 aliphatic carbocycles. The zero-order chi connectivity index (χ0) is 18.6. The Morgan fingerprint density at radius 2 is 1.96 bits per heavy atom. The van der Waals surface area contributed by atoms with E-state index in [-0.39, 0.29) is 23.3 Å². The van der Waals surface area contributed by atoms with Gasteiger partial charge in [-0.05, 0) is 30.7 Å². The van der Waals surface area contributed by atoms with Gasteiger partial charge in [-0.1, -0.05) is 6.92 Å². The fraction of sp³-hybridized carbons (Fsp3) is 0.500. The molecule has 0 spiro atoms. The van der Waals surface area contributed by atoms with Gasteiger partial charge in [-0.2, -0.15) is 0 Å². The first-order valence-corrected chi connectivity index (χ1v) is 9.44. The van der Waals surface area contributed by atoms with Crippen molar-refractivity contribution in [1.82, 2.24) is 14.5 Å². The van der Waals surface area contributed by atoms with Crippen molar-refractivity contribution >= 4 is 21.8 Å². The maximum absolute atomic E-state index is 12.3. The minimum absolute atomic E-state index is 0.148. The van der Waals surface area contributed by atoms with Crippen molar-refractivity contribution in [2.24, 2.45) is 0 Å². The van der Waals surface area contributed by atoms with Crippen LogP contribution in [-0.2, 0) is 19.6 Å². The number of ether oxygens (including phenoxy) is 1. The number of sulfonamides is 1. The second-order valence-electron chi connectivity index (χ2n) is 5.85. The smallest absolute Gasteiger partial charge is 0.261 e. The fourth-order valence-electron chi connectivity index (χ4n) is 2.57. The zero-order valence-corrected chi connectivity index (χ0v) is 15.4. The van der Waals surface area contributed by atoms with Crippen molar-refractivity contribution in [2.75, 3.05) is 33.8 Å². The highest BCUT2D eigenvalue weighted by Crippen LogP contribution is 2.18. The molecular weight excluding hydrogens is 346 g/mol. The van der Waals surface area contributed by atoms with Gasteiger partial charge < -0.3 is 15.0 Å². The Hall–Kier alpha value is -2.13.